The van der Waals surface area contributed by atoms with Gasteiger partial charge < -0.3 is 4.90 Å². The summed E-state index contributed by atoms with van der Waals surface area (Å²) in [6, 6.07) is 5.56. The Bertz CT molecular complexity index is 377. The molecule has 0 aromatic heterocycles. The molecule has 1 rings (SSSR count). The Morgan fingerprint density at radius 1 is 1.38 bits per heavy atom. The Morgan fingerprint density at radius 3 is 2.56 bits per heavy atom. The van der Waals surface area contributed by atoms with Crippen LogP contribution in [0, 0.1) is 0 Å². The minimum Gasteiger partial charge on any atom is -0.343 e. The summed E-state index contributed by atoms with van der Waals surface area (Å²) in [7, 11) is 0. The Labute approximate surface area is 110 Å². The first-order valence-electron chi connectivity index (χ1n) is 5.30. The van der Waals surface area contributed by atoms with E-state index in [-0.39, 0.29) is 5.91 Å². The third-order valence-electron chi connectivity index (χ3n) is 2.47. The Kier molecular flexibility index (Phi) is 5.29. The summed E-state index contributed by atoms with van der Waals surface area (Å²) >= 11 is 9.41. The van der Waals surface area contributed by atoms with Gasteiger partial charge in [-0.1, -0.05) is 27.5 Å². The molecule has 2 nitrogen and oxygen atoms in total. The van der Waals surface area contributed by atoms with Crippen LogP contribution in [-0.2, 0) is 11.2 Å². The molecule has 1 aromatic rings. The number of benzene rings is 1. The van der Waals surface area contributed by atoms with Crippen LogP contribution < -0.4 is 0 Å². The number of hydrogen-bond acceptors (Lipinski definition) is 1. The normalized spacial score (nSPS) is 10.2. The van der Waals surface area contributed by atoms with Gasteiger partial charge in [0.1, 0.15) is 0 Å². The van der Waals surface area contributed by atoms with Gasteiger partial charge in [0.25, 0.3) is 0 Å². The third-order valence-corrected chi connectivity index (χ3v) is 3.33. The first-order valence-corrected chi connectivity index (χ1v) is 6.47. The maximum atomic E-state index is 11.9. The fraction of sp³-hybridized carbons (Fsp3) is 0.417. The van der Waals surface area contributed by atoms with Gasteiger partial charge >= 0.3 is 0 Å². The number of rotatable bonds is 4. The lowest BCUT2D eigenvalue weighted by molar-refractivity contribution is -0.130. The molecule has 16 heavy (non-hydrogen) atoms. The summed E-state index contributed by atoms with van der Waals surface area (Å²) in [5.41, 5.74) is 0.868. The molecule has 1 amide bonds. The molecule has 0 aliphatic carbocycles. The molecular formula is C12H15BrClNO. The molecule has 0 saturated heterocycles. The van der Waals surface area contributed by atoms with E-state index in [9.17, 15) is 4.79 Å². The first-order chi connectivity index (χ1) is 7.58. The van der Waals surface area contributed by atoms with Crippen molar-refractivity contribution in [3.05, 3.63) is 33.3 Å². The molecule has 1 aromatic carbocycles. The second-order valence-electron chi connectivity index (χ2n) is 3.48. The van der Waals surface area contributed by atoms with Crippen LogP contribution in [-0.4, -0.2) is 23.9 Å². The van der Waals surface area contributed by atoms with Gasteiger partial charge in [-0.2, -0.15) is 0 Å². The van der Waals surface area contributed by atoms with Gasteiger partial charge in [0.05, 0.1) is 6.42 Å². The summed E-state index contributed by atoms with van der Waals surface area (Å²) < 4.78 is 0.944. The van der Waals surface area contributed by atoms with Gasteiger partial charge in [-0.05, 0) is 37.6 Å². The molecule has 0 bridgehead atoms. The molecule has 0 radical (unpaired) electrons. The minimum atomic E-state index is 0.116. The fourth-order valence-corrected chi connectivity index (χ4v) is 2.12. The van der Waals surface area contributed by atoms with E-state index in [2.05, 4.69) is 15.9 Å². The van der Waals surface area contributed by atoms with E-state index < -0.39 is 0 Å². The van der Waals surface area contributed by atoms with Crippen LogP contribution in [0.3, 0.4) is 0 Å². The smallest absolute Gasteiger partial charge is 0.227 e. The molecule has 0 unspecified atom stereocenters. The van der Waals surface area contributed by atoms with Gasteiger partial charge in [-0.3, -0.25) is 4.79 Å². The van der Waals surface area contributed by atoms with Crippen molar-refractivity contribution in [3.63, 3.8) is 0 Å². The van der Waals surface area contributed by atoms with Crippen LogP contribution in [0.4, 0.5) is 0 Å². The fourth-order valence-electron chi connectivity index (χ4n) is 1.53. The third kappa shape index (κ3) is 3.49. The summed E-state index contributed by atoms with van der Waals surface area (Å²) in [5.74, 6) is 0.116. The van der Waals surface area contributed by atoms with E-state index in [1.807, 2.05) is 26.0 Å². The average Bonchev–Trinajstić information content (AvgIpc) is 2.25. The average molecular weight is 305 g/mol. The highest BCUT2D eigenvalue weighted by atomic mass is 79.9. The van der Waals surface area contributed by atoms with Crippen molar-refractivity contribution in [1.29, 1.82) is 0 Å². The largest absolute Gasteiger partial charge is 0.343 e. The maximum absolute atomic E-state index is 11.9. The zero-order valence-electron chi connectivity index (χ0n) is 9.46. The number of likely N-dealkylation sites (N-methyl/N-ethyl adjacent to an activating group) is 1. The molecule has 0 saturated carbocycles. The van der Waals surface area contributed by atoms with Gasteiger partial charge in [0.15, 0.2) is 0 Å². The van der Waals surface area contributed by atoms with Crippen LogP contribution >= 0.6 is 27.5 Å². The second-order valence-corrected chi connectivity index (χ2v) is 4.80. The van der Waals surface area contributed by atoms with E-state index in [0.717, 1.165) is 23.1 Å². The second kappa shape index (κ2) is 6.26. The molecule has 0 spiro atoms. The summed E-state index contributed by atoms with van der Waals surface area (Å²) in [5, 5.41) is 0.642. The Morgan fingerprint density at radius 2 is 2.00 bits per heavy atom. The zero-order chi connectivity index (χ0) is 12.1. The molecule has 0 fully saturated rings. The topological polar surface area (TPSA) is 20.3 Å². The van der Waals surface area contributed by atoms with Crippen molar-refractivity contribution in [1.82, 2.24) is 4.90 Å². The number of carbonyl (C=O) groups is 1. The van der Waals surface area contributed by atoms with Gasteiger partial charge in [0, 0.05) is 22.6 Å². The number of nitrogens with zero attached hydrogens (tertiary/aromatic N) is 1. The maximum Gasteiger partial charge on any atom is 0.227 e. The zero-order valence-corrected chi connectivity index (χ0v) is 11.8. The monoisotopic (exact) mass is 303 g/mol. The van der Waals surface area contributed by atoms with Crippen LogP contribution in [0.2, 0.25) is 5.02 Å². The molecule has 0 aliphatic heterocycles. The molecule has 88 valence electrons. The van der Waals surface area contributed by atoms with E-state index in [4.69, 9.17) is 11.6 Å². The standard InChI is InChI=1S/C12H15BrClNO/c1-3-15(4-2)12(16)8-9-7-10(13)5-6-11(9)14/h5-7H,3-4,8H2,1-2H3. The van der Waals surface area contributed by atoms with Crippen LogP contribution in [0.1, 0.15) is 19.4 Å². The van der Waals surface area contributed by atoms with E-state index in [1.54, 1.807) is 11.0 Å². The van der Waals surface area contributed by atoms with Crippen LogP contribution in [0.15, 0.2) is 22.7 Å². The van der Waals surface area contributed by atoms with E-state index in [1.165, 1.54) is 0 Å². The number of carbonyl (C=O) groups excluding carboxylic acids is 1. The Balaban J connectivity index is 2.80. The SMILES string of the molecule is CCN(CC)C(=O)Cc1cc(Br)ccc1Cl. The van der Waals surface area contributed by atoms with Crippen molar-refractivity contribution in [2.75, 3.05) is 13.1 Å². The van der Waals surface area contributed by atoms with Crippen molar-refractivity contribution >= 4 is 33.4 Å². The molecule has 0 aliphatic rings. The van der Waals surface area contributed by atoms with Crippen LogP contribution in [0.25, 0.3) is 0 Å². The highest BCUT2D eigenvalue weighted by Crippen LogP contribution is 2.21. The predicted octanol–water partition coefficient (Wildman–Crippen LogP) is 3.51. The minimum absolute atomic E-state index is 0.116. The number of amides is 1. The van der Waals surface area contributed by atoms with Gasteiger partial charge in [-0.15, -0.1) is 0 Å². The van der Waals surface area contributed by atoms with Crippen molar-refractivity contribution in [2.24, 2.45) is 0 Å². The van der Waals surface area contributed by atoms with E-state index in [0.29, 0.717) is 11.4 Å². The van der Waals surface area contributed by atoms with Gasteiger partial charge in [0.2, 0.25) is 5.91 Å². The quantitative estimate of drug-likeness (QED) is 0.833. The molecule has 4 heteroatoms. The molecule has 0 heterocycles. The Hall–Kier alpha value is -0.540. The molecule has 0 N–H and O–H groups in total. The lowest BCUT2D eigenvalue weighted by Gasteiger charge is -2.18. The molecular weight excluding hydrogens is 289 g/mol. The van der Waals surface area contributed by atoms with Gasteiger partial charge in [-0.25, -0.2) is 0 Å². The highest BCUT2D eigenvalue weighted by molar-refractivity contribution is 9.10. The number of hydrogen-bond donors (Lipinski definition) is 0. The summed E-state index contributed by atoms with van der Waals surface area (Å²) in [6.45, 7) is 5.43. The molecule has 0 atom stereocenters. The predicted molar refractivity (Wildman–Crippen MR) is 70.8 cm³/mol. The summed E-state index contributed by atoms with van der Waals surface area (Å²) in [6.07, 6.45) is 0.361. The van der Waals surface area contributed by atoms with Crippen molar-refractivity contribution in [2.45, 2.75) is 20.3 Å². The number of halogens is 2. The summed E-state index contributed by atoms with van der Waals surface area (Å²) in [4.78, 5) is 13.7. The first kappa shape index (κ1) is 13.5. The highest BCUT2D eigenvalue weighted by Gasteiger charge is 2.12. The van der Waals surface area contributed by atoms with Crippen molar-refractivity contribution < 1.29 is 4.79 Å². The lowest BCUT2D eigenvalue weighted by Crippen LogP contribution is -2.31. The lowest BCUT2D eigenvalue weighted by atomic mass is 10.1. The van der Waals surface area contributed by atoms with Crippen LogP contribution in [0.5, 0.6) is 0 Å². The van der Waals surface area contributed by atoms with Crippen molar-refractivity contribution in [3.8, 4) is 0 Å². The van der Waals surface area contributed by atoms with E-state index >= 15 is 0 Å².